The summed E-state index contributed by atoms with van der Waals surface area (Å²) in [5.41, 5.74) is 7.56. The molecule has 1 aliphatic carbocycles. The Bertz CT molecular complexity index is 512. The Kier molecular flexibility index (Phi) is 2.81. The molecule has 1 fully saturated rings. The molecule has 1 unspecified atom stereocenters. The van der Waals surface area contributed by atoms with E-state index < -0.39 is 0 Å². The van der Waals surface area contributed by atoms with Gasteiger partial charge in [-0.05, 0) is 48.6 Å². The zero-order valence-corrected chi connectivity index (χ0v) is 9.97. The molecule has 0 saturated heterocycles. The molecule has 1 saturated carbocycles. The van der Waals surface area contributed by atoms with Gasteiger partial charge in [0.2, 0.25) is 0 Å². The van der Waals surface area contributed by atoms with Gasteiger partial charge >= 0.3 is 0 Å². The fraction of sp³-hybridized carbons (Fsp3) is 0.400. The van der Waals surface area contributed by atoms with Crippen molar-refractivity contribution < 1.29 is 0 Å². The highest BCUT2D eigenvalue weighted by Gasteiger charge is 2.27. The second-order valence-electron chi connectivity index (χ2n) is 5.05. The van der Waals surface area contributed by atoms with Crippen molar-refractivity contribution in [1.29, 1.82) is 0 Å². The predicted octanol–water partition coefficient (Wildman–Crippen LogP) is 2.90. The zero-order chi connectivity index (χ0) is 11.7. The fourth-order valence-electron chi connectivity index (χ4n) is 2.49. The molecule has 1 aromatic heterocycles. The normalized spacial score (nSPS) is 17.2. The number of pyridine rings is 1. The van der Waals surface area contributed by atoms with Crippen LogP contribution in [0, 0.1) is 5.92 Å². The molecular weight excluding hydrogens is 208 g/mol. The van der Waals surface area contributed by atoms with E-state index >= 15 is 0 Å². The first kappa shape index (κ1) is 10.7. The van der Waals surface area contributed by atoms with Gasteiger partial charge in [-0.2, -0.15) is 0 Å². The van der Waals surface area contributed by atoms with E-state index in [1.165, 1.54) is 29.2 Å². The second kappa shape index (κ2) is 4.46. The molecule has 1 aliphatic rings. The third-order valence-electron chi connectivity index (χ3n) is 3.75. The summed E-state index contributed by atoms with van der Waals surface area (Å²) in [6.45, 7) is 0. The Morgan fingerprint density at radius 2 is 2.18 bits per heavy atom. The number of rotatable bonds is 4. The van der Waals surface area contributed by atoms with Gasteiger partial charge in [-0.3, -0.25) is 4.98 Å². The summed E-state index contributed by atoms with van der Waals surface area (Å²) < 4.78 is 0. The van der Waals surface area contributed by atoms with Crippen molar-refractivity contribution in [2.45, 2.75) is 31.7 Å². The highest BCUT2D eigenvalue weighted by Crippen LogP contribution is 2.33. The van der Waals surface area contributed by atoms with E-state index in [1.54, 1.807) is 0 Å². The SMILES string of the molecule is NC(CCc1cccc2cnccc12)C1CC1. The number of nitrogens with zero attached hydrogens (tertiary/aromatic N) is 1. The van der Waals surface area contributed by atoms with Crippen LogP contribution in [0.15, 0.2) is 36.7 Å². The summed E-state index contributed by atoms with van der Waals surface area (Å²) in [5.74, 6) is 0.798. The quantitative estimate of drug-likeness (QED) is 0.870. The van der Waals surface area contributed by atoms with Gasteiger partial charge in [0.1, 0.15) is 0 Å². The number of nitrogens with two attached hydrogens (primary N) is 1. The molecule has 1 aromatic carbocycles. The van der Waals surface area contributed by atoms with Gasteiger partial charge in [-0.25, -0.2) is 0 Å². The maximum absolute atomic E-state index is 6.16. The van der Waals surface area contributed by atoms with Gasteiger partial charge < -0.3 is 5.73 Å². The van der Waals surface area contributed by atoms with Crippen molar-refractivity contribution in [3.63, 3.8) is 0 Å². The molecule has 88 valence electrons. The molecule has 2 N–H and O–H groups in total. The minimum absolute atomic E-state index is 0.395. The monoisotopic (exact) mass is 226 g/mol. The molecule has 0 amide bonds. The number of fused-ring (bicyclic) bond motifs is 1. The highest BCUT2D eigenvalue weighted by molar-refractivity contribution is 5.84. The average Bonchev–Trinajstić information content (AvgIpc) is 3.20. The van der Waals surface area contributed by atoms with Gasteiger partial charge in [0.15, 0.2) is 0 Å². The molecular formula is C15H18N2. The molecule has 2 heteroatoms. The molecule has 1 atom stereocenters. The van der Waals surface area contributed by atoms with Crippen LogP contribution in [0.3, 0.4) is 0 Å². The molecule has 0 radical (unpaired) electrons. The Morgan fingerprint density at radius 1 is 1.29 bits per heavy atom. The first-order chi connectivity index (χ1) is 8.34. The largest absolute Gasteiger partial charge is 0.327 e. The predicted molar refractivity (Wildman–Crippen MR) is 70.8 cm³/mol. The fourth-order valence-corrected chi connectivity index (χ4v) is 2.49. The number of hydrogen-bond donors (Lipinski definition) is 1. The third-order valence-corrected chi connectivity index (χ3v) is 3.75. The van der Waals surface area contributed by atoms with E-state index in [0.717, 1.165) is 18.8 Å². The van der Waals surface area contributed by atoms with Crippen molar-refractivity contribution >= 4 is 10.8 Å². The van der Waals surface area contributed by atoms with Crippen molar-refractivity contribution in [3.05, 3.63) is 42.2 Å². The van der Waals surface area contributed by atoms with Gasteiger partial charge in [-0.15, -0.1) is 0 Å². The van der Waals surface area contributed by atoms with Crippen LogP contribution in [0.5, 0.6) is 0 Å². The molecule has 2 nitrogen and oxygen atoms in total. The standard InChI is InChI=1S/C15H18N2/c16-15(12-4-5-12)7-6-11-2-1-3-13-10-17-9-8-14(11)13/h1-3,8-10,12,15H,4-7,16H2. The Balaban J connectivity index is 1.79. The molecule has 17 heavy (non-hydrogen) atoms. The smallest absolute Gasteiger partial charge is 0.0346 e. The topological polar surface area (TPSA) is 38.9 Å². The third kappa shape index (κ3) is 2.32. The molecule has 0 aliphatic heterocycles. The minimum atomic E-state index is 0.395. The number of aryl methyl sites for hydroxylation is 1. The average molecular weight is 226 g/mol. The summed E-state index contributed by atoms with van der Waals surface area (Å²) in [6.07, 6.45) is 8.65. The molecule has 3 rings (SSSR count). The first-order valence-electron chi connectivity index (χ1n) is 6.42. The second-order valence-corrected chi connectivity index (χ2v) is 5.05. The van der Waals surface area contributed by atoms with Crippen LogP contribution in [0.1, 0.15) is 24.8 Å². The van der Waals surface area contributed by atoms with Crippen molar-refractivity contribution in [2.24, 2.45) is 11.7 Å². The number of hydrogen-bond acceptors (Lipinski definition) is 2. The van der Waals surface area contributed by atoms with Crippen molar-refractivity contribution in [3.8, 4) is 0 Å². The molecule has 1 heterocycles. The van der Waals surface area contributed by atoms with E-state index in [-0.39, 0.29) is 0 Å². The summed E-state index contributed by atoms with van der Waals surface area (Å²) in [6, 6.07) is 8.94. The van der Waals surface area contributed by atoms with E-state index in [9.17, 15) is 0 Å². The number of benzene rings is 1. The van der Waals surface area contributed by atoms with Crippen LogP contribution in [-0.2, 0) is 6.42 Å². The summed E-state index contributed by atoms with van der Waals surface area (Å²) in [7, 11) is 0. The van der Waals surface area contributed by atoms with E-state index in [0.29, 0.717) is 6.04 Å². The lowest BCUT2D eigenvalue weighted by atomic mass is 9.98. The minimum Gasteiger partial charge on any atom is -0.327 e. The lowest BCUT2D eigenvalue weighted by Crippen LogP contribution is -2.22. The zero-order valence-electron chi connectivity index (χ0n) is 9.97. The Hall–Kier alpha value is -1.41. The molecule has 2 aromatic rings. The van der Waals surface area contributed by atoms with Gasteiger partial charge in [-0.1, -0.05) is 18.2 Å². The molecule has 0 bridgehead atoms. The van der Waals surface area contributed by atoms with E-state index in [4.69, 9.17) is 5.73 Å². The van der Waals surface area contributed by atoms with Crippen LogP contribution in [0.4, 0.5) is 0 Å². The Labute approximate surface area is 102 Å². The first-order valence-corrected chi connectivity index (χ1v) is 6.42. The summed E-state index contributed by atoms with van der Waals surface area (Å²) >= 11 is 0. The van der Waals surface area contributed by atoms with Gasteiger partial charge in [0.05, 0.1) is 0 Å². The summed E-state index contributed by atoms with van der Waals surface area (Å²) in [4.78, 5) is 4.16. The van der Waals surface area contributed by atoms with Crippen LogP contribution in [0.25, 0.3) is 10.8 Å². The van der Waals surface area contributed by atoms with E-state index in [1.807, 2.05) is 12.4 Å². The maximum atomic E-state index is 6.16. The molecule has 0 spiro atoms. The highest BCUT2D eigenvalue weighted by atomic mass is 14.7. The lowest BCUT2D eigenvalue weighted by Gasteiger charge is -2.11. The number of aromatic nitrogens is 1. The van der Waals surface area contributed by atoms with Crippen LogP contribution >= 0.6 is 0 Å². The maximum Gasteiger partial charge on any atom is 0.0346 e. The Morgan fingerprint density at radius 3 is 3.00 bits per heavy atom. The van der Waals surface area contributed by atoms with Crippen molar-refractivity contribution in [1.82, 2.24) is 4.98 Å². The van der Waals surface area contributed by atoms with Crippen molar-refractivity contribution in [2.75, 3.05) is 0 Å². The van der Waals surface area contributed by atoms with E-state index in [2.05, 4.69) is 29.2 Å². The lowest BCUT2D eigenvalue weighted by molar-refractivity contribution is 0.551. The van der Waals surface area contributed by atoms with Crippen LogP contribution in [-0.4, -0.2) is 11.0 Å². The van der Waals surface area contributed by atoms with Crippen LogP contribution < -0.4 is 5.73 Å². The van der Waals surface area contributed by atoms with Gasteiger partial charge in [0.25, 0.3) is 0 Å². The van der Waals surface area contributed by atoms with Crippen LogP contribution in [0.2, 0.25) is 0 Å². The van der Waals surface area contributed by atoms with Gasteiger partial charge in [0, 0.05) is 23.8 Å². The summed E-state index contributed by atoms with van der Waals surface area (Å²) in [5, 5.41) is 2.55.